The predicted octanol–water partition coefficient (Wildman–Crippen LogP) is 4.87. The molecular weight excluding hydrogens is 357 g/mol. The van der Waals surface area contributed by atoms with Gasteiger partial charge in [-0.15, -0.1) is 11.3 Å². The lowest BCUT2D eigenvalue weighted by molar-refractivity contribution is 0.0699. The van der Waals surface area contributed by atoms with Crippen LogP contribution in [-0.4, -0.2) is 16.1 Å². The van der Waals surface area contributed by atoms with Crippen LogP contribution in [0.25, 0.3) is 21.5 Å². The van der Waals surface area contributed by atoms with Gasteiger partial charge in [0.2, 0.25) is 0 Å². The molecule has 0 saturated carbocycles. The molecule has 0 radical (unpaired) electrons. The van der Waals surface area contributed by atoms with Crippen molar-refractivity contribution in [3.8, 4) is 10.6 Å². The Morgan fingerprint density at radius 1 is 1.33 bits per heavy atom. The molecule has 2 aromatic heterocycles. The van der Waals surface area contributed by atoms with Gasteiger partial charge in [-0.1, -0.05) is 0 Å². The van der Waals surface area contributed by atoms with Gasteiger partial charge in [-0.05, 0) is 58.7 Å². The number of thiophene rings is 1. The maximum atomic E-state index is 13.5. The van der Waals surface area contributed by atoms with Crippen LogP contribution in [0.5, 0.6) is 0 Å². The molecule has 0 amide bonds. The predicted molar refractivity (Wildman–Crippen MR) is 84.4 cm³/mol. The largest absolute Gasteiger partial charge is 0.478 e. The van der Waals surface area contributed by atoms with Gasteiger partial charge in [-0.2, -0.15) is 0 Å². The van der Waals surface area contributed by atoms with E-state index in [-0.39, 0.29) is 5.56 Å². The van der Waals surface area contributed by atoms with Crippen molar-refractivity contribution in [2.45, 2.75) is 6.92 Å². The van der Waals surface area contributed by atoms with Crippen LogP contribution in [0, 0.1) is 12.7 Å². The Labute approximate surface area is 132 Å². The summed E-state index contributed by atoms with van der Waals surface area (Å²) in [5.41, 5.74) is 1.76. The van der Waals surface area contributed by atoms with Crippen LogP contribution in [0.15, 0.2) is 34.1 Å². The van der Waals surface area contributed by atoms with Gasteiger partial charge in [-0.25, -0.2) is 14.2 Å². The highest BCUT2D eigenvalue weighted by molar-refractivity contribution is 9.11. The fourth-order valence-electron chi connectivity index (χ4n) is 2.21. The van der Waals surface area contributed by atoms with Gasteiger partial charge >= 0.3 is 5.97 Å². The highest BCUT2D eigenvalue weighted by Crippen LogP contribution is 2.33. The number of aryl methyl sites for hydroxylation is 1. The normalized spacial score (nSPS) is 11.0. The number of carboxylic acid groups (broad SMARTS) is 1. The highest BCUT2D eigenvalue weighted by atomic mass is 79.9. The minimum Gasteiger partial charge on any atom is -0.478 e. The zero-order chi connectivity index (χ0) is 15.1. The first-order valence-corrected chi connectivity index (χ1v) is 7.66. The molecule has 0 unspecified atom stereocenters. The standard InChI is InChI=1S/C15H9BrFNO2S/c1-7-4-8(17)5-9-10(15(19)20)6-11(18-14(7)9)12-2-3-13(16)21-12/h2-6H,1H3,(H,19,20). The molecule has 0 spiro atoms. The molecule has 0 aliphatic rings. The smallest absolute Gasteiger partial charge is 0.336 e. The van der Waals surface area contributed by atoms with E-state index < -0.39 is 11.8 Å². The van der Waals surface area contributed by atoms with Crippen LogP contribution in [-0.2, 0) is 0 Å². The molecule has 3 nitrogen and oxygen atoms in total. The average molecular weight is 366 g/mol. The third-order valence-electron chi connectivity index (χ3n) is 3.12. The van der Waals surface area contributed by atoms with Crippen molar-refractivity contribution in [2.75, 3.05) is 0 Å². The molecule has 1 N–H and O–H groups in total. The van der Waals surface area contributed by atoms with E-state index in [0.29, 0.717) is 22.2 Å². The van der Waals surface area contributed by atoms with E-state index in [9.17, 15) is 14.3 Å². The number of carboxylic acids is 1. The van der Waals surface area contributed by atoms with Crippen molar-refractivity contribution in [2.24, 2.45) is 0 Å². The number of nitrogens with zero attached hydrogens (tertiary/aromatic N) is 1. The number of carbonyl (C=O) groups is 1. The molecule has 0 saturated heterocycles. The zero-order valence-electron chi connectivity index (χ0n) is 10.9. The molecule has 1 aromatic carbocycles. The lowest BCUT2D eigenvalue weighted by atomic mass is 10.0. The number of pyridine rings is 1. The summed E-state index contributed by atoms with van der Waals surface area (Å²) >= 11 is 4.84. The lowest BCUT2D eigenvalue weighted by Gasteiger charge is -2.08. The molecule has 2 heterocycles. The van der Waals surface area contributed by atoms with Crippen LogP contribution >= 0.6 is 27.3 Å². The van der Waals surface area contributed by atoms with Gasteiger partial charge in [0, 0.05) is 5.39 Å². The first-order chi connectivity index (χ1) is 9.95. The molecular formula is C15H9BrFNO2S. The number of hydrogen-bond donors (Lipinski definition) is 1. The van der Waals surface area contributed by atoms with Crippen LogP contribution in [0.3, 0.4) is 0 Å². The van der Waals surface area contributed by atoms with Gasteiger partial charge < -0.3 is 5.11 Å². The third-order valence-corrected chi connectivity index (χ3v) is 4.77. The molecule has 0 atom stereocenters. The van der Waals surface area contributed by atoms with E-state index in [2.05, 4.69) is 20.9 Å². The molecule has 6 heteroatoms. The van der Waals surface area contributed by atoms with Crippen molar-refractivity contribution in [1.82, 2.24) is 4.98 Å². The molecule has 0 aliphatic carbocycles. The third kappa shape index (κ3) is 2.56. The van der Waals surface area contributed by atoms with E-state index in [0.717, 1.165) is 8.66 Å². The number of benzene rings is 1. The quantitative estimate of drug-likeness (QED) is 0.704. The first-order valence-electron chi connectivity index (χ1n) is 6.05. The lowest BCUT2D eigenvalue weighted by Crippen LogP contribution is -2.01. The number of hydrogen-bond acceptors (Lipinski definition) is 3. The van der Waals surface area contributed by atoms with Crippen molar-refractivity contribution in [3.63, 3.8) is 0 Å². The highest BCUT2D eigenvalue weighted by Gasteiger charge is 2.16. The SMILES string of the molecule is Cc1cc(F)cc2c(C(=O)O)cc(-c3ccc(Br)s3)nc12. The van der Waals surface area contributed by atoms with Crippen LogP contribution in [0.2, 0.25) is 0 Å². The minimum atomic E-state index is -1.09. The second-order valence-corrected chi connectivity index (χ2v) is 7.05. The van der Waals surface area contributed by atoms with Crippen LogP contribution < -0.4 is 0 Å². The van der Waals surface area contributed by atoms with E-state index in [1.54, 1.807) is 6.92 Å². The molecule has 0 bridgehead atoms. The molecule has 3 rings (SSSR count). The first kappa shape index (κ1) is 14.2. The summed E-state index contributed by atoms with van der Waals surface area (Å²) in [6, 6.07) is 7.81. The summed E-state index contributed by atoms with van der Waals surface area (Å²) in [4.78, 5) is 16.8. The van der Waals surface area contributed by atoms with Gasteiger partial charge in [0.05, 0.1) is 25.4 Å². The van der Waals surface area contributed by atoms with Crippen molar-refractivity contribution in [1.29, 1.82) is 0 Å². The van der Waals surface area contributed by atoms with Crippen molar-refractivity contribution >= 4 is 44.1 Å². The Balaban J connectivity index is 2.37. The maximum Gasteiger partial charge on any atom is 0.336 e. The number of halogens is 2. The summed E-state index contributed by atoms with van der Waals surface area (Å²) < 4.78 is 14.5. The molecule has 0 fully saturated rings. The Hall–Kier alpha value is -1.79. The fraction of sp³-hybridized carbons (Fsp3) is 0.0667. The number of aromatic carboxylic acids is 1. The molecule has 3 aromatic rings. The summed E-state index contributed by atoms with van der Waals surface area (Å²) in [7, 11) is 0. The monoisotopic (exact) mass is 365 g/mol. The summed E-state index contributed by atoms with van der Waals surface area (Å²) in [6.45, 7) is 1.72. The van der Waals surface area contributed by atoms with E-state index in [1.807, 2.05) is 12.1 Å². The Morgan fingerprint density at radius 3 is 2.71 bits per heavy atom. The number of rotatable bonds is 2. The van der Waals surface area contributed by atoms with Gasteiger partial charge in [0.15, 0.2) is 0 Å². The fourth-order valence-corrected chi connectivity index (χ4v) is 3.56. The Kier molecular flexibility index (Phi) is 3.51. The second kappa shape index (κ2) is 5.20. The topological polar surface area (TPSA) is 50.2 Å². The Morgan fingerprint density at radius 2 is 2.10 bits per heavy atom. The number of aromatic nitrogens is 1. The Bertz CT molecular complexity index is 875. The van der Waals surface area contributed by atoms with E-state index in [1.165, 1.54) is 29.5 Å². The summed E-state index contributed by atoms with van der Waals surface area (Å²) in [6.07, 6.45) is 0. The summed E-state index contributed by atoms with van der Waals surface area (Å²) in [5.74, 6) is -1.56. The van der Waals surface area contributed by atoms with Gasteiger partial charge in [-0.3, -0.25) is 0 Å². The summed E-state index contributed by atoms with van der Waals surface area (Å²) in [5, 5.41) is 9.70. The molecule has 0 aliphatic heterocycles. The van der Waals surface area contributed by atoms with Gasteiger partial charge in [0.25, 0.3) is 0 Å². The second-order valence-electron chi connectivity index (χ2n) is 4.58. The van der Waals surface area contributed by atoms with Crippen molar-refractivity contribution < 1.29 is 14.3 Å². The molecule has 21 heavy (non-hydrogen) atoms. The van der Waals surface area contributed by atoms with E-state index in [4.69, 9.17) is 0 Å². The van der Waals surface area contributed by atoms with Crippen LogP contribution in [0.4, 0.5) is 4.39 Å². The molecule has 106 valence electrons. The minimum absolute atomic E-state index is 0.0575. The number of fused-ring (bicyclic) bond motifs is 1. The van der Waals surface area contributed by atoms with E-state index >= 15 is 0 Å². The van der Waals surface area contributed by atoms with Crippen LogP contribution in [0.1, 0.15) is 15.9 Å². The average Bonchev–Trinajstić information content (AvgIpc) is 2.84. The maximum absolute atomic E-state index is 13.5. The van der Waals surface area contributed by atoms with Gasteiger partial charge in [0.1, 0.15) is 5.82 Å². The zero-order valence-corrected chi connectivity index (χ0v) is 13.3. The van der Waals surface area contributed by atoms with Crippen molar-refractivity contribution in [3.05, 3.63) is 51.1 Å².